The number of nitrogens with one attached hydrogen (secondary N) is 1. The molecule has 29 heavy (non-hydrogen) atoms. The van der Waals surface area contributed by atoms with Crippen LogP contribution in [-0.2, 0) is 4.79 Å². The number of fused-ring (bicyclic) bond motifs is 1. The van der Waals surface area contributed by atoms with Gasteiger partial charge in [-0.1, -0.05) is 32.4 Å². The topological polar surface area (TPSA) is 69.0 Å². The van der Waals surface area contributed by atoms with Gasteiger partial charge in [0.25, 0.3) is 0 Å². The summed E-state index contributed by atoms with van der Waals surface area (Å²) in [5.41, 5.74) is 1.02. The number of imidazole rings is 1. The maximum atomic E-state index is 12.4. The van der Waals surface area contributed by atoms with E-state index in [1.807, 2.05) is 20.8 Å². The van der Waals surface area contributed by atoms with Gasteiger partial charge in [-0.3, -0.25) is 14.7 Å². The minimum absolute atomic E-state index is 0.188. The summed E-state index contributed by atoms with van der Waals surface area (Å²) in [5, 5.41) is 2.96. The quantitative estimate of drug-likeness (QED) is 0.571. The van der Waals surface area contributed by atoms with Crippen molar-refractivity contribution in [1.29, 1.82) is 0 Å². The number of hydrogen-bond acceptors (Lipinski definition) is 4. The first kappa shape index (κ1) is 20.9. The van der Waals surface area contributed by atoms with Gasteiger partial charge in [0.1, 0.15) is 16.4 Å². The van der Waals surface area contributed by atoms with Crippen LogP contribution in [0.1, 0.15) is 27.2 Å². The Bertz CT molecular complexity index is 1040. The molecule has 2 aromatic heterocycles. The Morgan fingerprint density at radius 2 is 1.76 bits per heavy atom. The molecule has 0 atom stereocenters. The van der Waals surface area contributed by atoms with E-state index in [1.54, 1.807) is 12.1 Å². The summed E-state index contributed by atoms with van der Waals surface area (Å²) in [7, 11) is 0. The van der Waals surface area contributed by atoms with Gasteiger partial charge in [0.05, 0.1) is 5.69 Å². The molecule has 10 heteroatoms. The van der Waals surface area contributed by atoms with Crippen molar-refractivity contribution in [3.05, 3.63) is 41.6 Å². The third-order valence-electron chi connectivity index (χ3n) is 3.74. The lowest BCUT2D eigenvalue weighted by atomic mass is 9.92. The highest BCUT2D eigenvalue weighted by Gasteiger charge is 2.31. The van der Waals surface area contributed by atoms with E-state index in [0.717, 1.165) is 0 Å². The molecule has 0 spiro atoms. The van der Waals surface area contributed by atoms with Crippen LogP contribution in [0.5, 0.6) is 5.75 Å². The SMILES string of the molecule is CC(C)(C)CC(=O)Nc1nc2ccc(Cl)nc2n1-c1ccc(OC(F)(F)F)cc1. The maximum absolute atomic E-state index is 12.4. The van der Waals surface area contributed by atoms with Crippen molar-refractivity contribution < 1.29 is 22.7 Å². The molecule has 3 aromatic rings. The lowest BCUT2D eigenvalue weighted by molar-refractivity contribution is -0.274. The fourth-order valence-electron chi connectivity index (χ4n) is 2.71. The Labute approximate surface area is 169 Å². The van der Waals surface area contributed by atoms with Gasteiger partial charge >= 0.3 is 6.36 Å². The van der Waals surface area contributed by atoms with Crippen LogP contribution in [0.4, 0.5) is 19.1 Å². The molecule has 1 aromatic carbocycles. The Hall–Kier alpha value is -2.81. The number of rotatable bonds is 4. The third-order valence-corrected chi connectivity index (χ3v) is 3.95. The van der Waals surface area contributed by atoms with E-state index in [1.165, 1.54) is 28.8 Å². The number of nitrogens with zero attached hydrogens (tertiary/aromatic N) is 3. The van der Waals surface area contributed by atoms with Crippen LogP contribution in [0.15, 0.2) is 36.4 Å². The molecule has 0 aliphatic carbocycles. The van der Waals surface area contributed by atoms with Crippen molar-refractivity contribution in [2.45, 2.75) is 33.6 Å². The predicted octanol–water partition coefficient (Wildman–Crippen LogP) is 5.35. The first-order valence-electron chi connectivity index (χ1n) is 8.62. The predicted molar refractivity (Wildman–Crippen MR) is 103 cm³/mol. The van der Waals surface area contributed by atoms with Gasteiger partial charge in [-0.25, -0.2) is 9.97 Å². The first-order chi connectivity index (χ1) is 13.4. The molecule has 0 unspecified atom stereocenters. The number of amides is 1. The summed E-state index contributed by atoms with van der Waals surface area (Å²) in [6.07, 6.45) is -4.53. The van der Waals surface area contributed by atoms with Crippen molar-refractivity contribution in [3.63, 3.8) is 0 Å². The lowest BCUT2D eigenvalue weighted by Crippen LogP contribution is -2.21. The van der Waals surface area contributed by atoms with Crippen LogP contribution in [0, 0.1) is 5.41 Å². The molecular weight excluding hydrogens is 409 g/mol. The average molecular weight is 427 g/mol. The fourth-order valence-corrected chi connectivity index (χ4v) is 2.85. The highest BCUT2D eigenvalue weighted by atomic mass is 35.5. The number of ether oxygens (including phenoxy) is 1. The number of halogens is 4. The number of hydrogen-bond donors (Lipinski definition) is 1. The molecule has 0 bridgehead atoms. The zero-order chi connectivity index (χ0) is 21.4. The summed E-state index contributed by atoms with van der Waals surface area (Å²) in [4.78, 5) is 21.0. The molecule has 0 aliphatic rings. The van der Waals surface area contributed by atoms with Crippen molar-refractivity contribution in [1.82, 2.24) is 14.5 Å². The second-order valence-electron chi connectivity index (χ2n) is 7.57. The van der Waals surface area contributed by atoms with Gasteiger partial charge in [0.2, 0.25) is 11.9 Å². The normalized spacial score (nSPS) is 12.2. The number of benzene rings is 1. The highest BCUT2D eigenvalue weighted by molar-refractivity contribution is 6.29. The molecule has 3 rings (SSSR count). The number of aromatic nitrogens is 3. The van der Waals surface area contributed by atoms with E-state index in [2.05, 4.69) is 20.0 Å². The summed E-state index contributed by atoms with van der Waals surface area (Å²) in [6.45, 7) is 5.78. The lowest BCUT2D eigenvalue weighted by Gasteiger charge is -2.17. The van der Waals surface area contributed by atoms with E-state index in [-0.39, 0.29) is 34.6 Å². The smallest absolute Gasteiger partial charge is 0.406 e. The summed E-state index contributed by atoms with van der Waals surface area (Å²) in [6, 6.07) is 8.35. The van der Waals surface area contributed by atoms with Gasteiger partial charge in [-0.05, 0) is 41.8 Å². The van der Waals surface area contributed by atoms with Gasteiger partial charge in [0.15, 0.2) is 5.65 Å². The summed E-state index contributed by atoms with van der Waals surface area (Å²) < 4.78 is 42.6. The van der Waals surface area contributed by atoms with E-state index in [4.69, 9.17) is 11.6 Å². The van der Waals surface area contributed by atoms with Crippen LogP contribution in [0.3, 0.4) is 0 Å². The van der Waals surface area contributed by atoms with Crippen LogP contribution < -0.4 is 10.1 Å². The van der Waals surface area contributed by atoms with E-state index in [0.29, 0.717) is 16.9 Å². The Kier molecular flexibility index (Phi) is 5.44. The molecule has 0 radical (unpaired) electrons. The highest BCUT2D eigenvalue weighted by Crippen LogP contribution is 2.29. The number of carbonyl (C=O) groups excluding carboxylic acids is 1. The minimum atomic E-state index is -4.79. The van der Waals surface area contributed by atoms with Crippen molar-refractivity contribution in [3.8, 4) is 11.4 Å². The number of carbonyl (C=O) groups is 1. The molecule has 0 saturated carbocycles. The molecule has 1 N–H and O–H groups in total. The van der Waals surface area contributed by atoms with Gasteiger partial charge in [-0.15, -0.1) is 13.2 Å². The zero-order valence-electron chi connectivity index (χ0n) is 15.8. The largest absolute Gasteiger partial charge is 0.573 e. The van der Waals surface area contributed by atoms with Crippen LogP contribution in [0.25, 0.3) is 16.9 Å². The molecule has 0 fully saturated rings. The van der Waals surface area contributed by atoms with Crippen LogP contribution in [0.2, 0.25) is 5.15 Å². The third kappa shape index (κ3) is 5.38. The van der Waals surface area contributed by atoms with E-state index < -0.39 is 6.36 Å². The number of anilines is 1. The Morgan fingerprint density at radius 3 is 2.34 bits per heavy atom. The monoisotopic (exact) mass is 426 g/mol. The molecule has 1 amide bonds. The minimum Gasteiger partial charge on any atom is -0.406 e. The van der Waals surface area contributed by atoms with E-state index >= 15 is 0 Å². The molecular formula is C19H18ClF3N4O2. The van der Waals surface area contributed by atoms with Crippen LogP contribution in [-0.4, -0.2) is 26.8 Å². The van der Waals surface area contributed by atoms with Gasteiger partial charge in [-0.2, -0.15) is 0 Å². The molecule has 6 nitrogen and oxygen atoms in total. The zero-order valence-corrected chi connectivity index (χ0v) is 16.6. The summed E-state index contributed by atoms with van der Waals surface area (Å²) >= 11 is 5.99. The first-order valence-corrected chi connectivity index (χ1v) is 9.00. The number of pyridine rings is 1. The van der Waals surface area contributed by atoms with E-state index in [9.17, 15) is 18.0 Å². The second kappa shape index (κ2) is 7.55. The number of alkyl halides is 3. The van der Waals surface area contributed by atoms with Crippen molar-refractivity contribution in [2.75, 3.05) is 5.32 Å². The van der Waals surface area contributed by atoms with Gasteiger partial charge < -0.3 is 4.74 Å². The standard InChI is InChI=1S/C19H18ClF3N4O2/c1-18(2,3)10-15(28)26-17-24-13-8-9-14(20)25-16(13)27(17)11-4-6-12(7-5-11)29-19(21,22)23/h4-9H,10H2,1-3H3,(H,24,26,28). The molecule has 0 saturated heterocycles. The van der Waals surface area contributed by atoms with Gasteiger partial charge in [0, 0.05) is 6.42 Å². The van der Waals surface area contributed by atoms with Crippen molar-refractivity contribution >= 4 is 34.6 Å². The average Bonchev–Trinajstić information content (AvgIpc) is 2.89. The maximum Gasteiger partial charge on any atom is 0.573 e. The molecule has 2 heterocycles. The van der Waals surface area contributed by atoms with Crippen LogP contribution >= 0.6 is 11.6 Å². The fraction of sp³-hybridized carbons (Fsp3) is 0.316. The van der Waals surface area contributed by atoms with Crippen molar-refractivity contribution in [2.24, 2.45) is 5.41 Å². The Balaban J connectivity index is 2.03. The Morgan fingerprint density at radius 1 is 1.10 bits per heavy atom. The molecule has 0 aliphatic heterocycles. The second-order valence-corrected chi connectivity index (χ2v) is 7.96. The molecule has 154 valence electrons. The summed E-state index contributed by atoms with van der Waals surface area (Å²) in [5.74, 6) is -0.430.